The fraction of sp³-hybridized carbons (Fsp3) is 0.440. The van der Waals surface area contributed by atoms with Crippen molar-refractivity contribution in [1.82, 2.24) is 29.9 Å². The highest BCUT2D eigenvalue weighted by Crippen LogP contribution is 2.37. The number of hydrogen-bond acceptors (Lipinski definition) is 9. The lowest BCUT2D eigenvalue weighted by Crippen LogP contribution is -2.60. The van der Waals surface area contributed by atoms with Crippen LogP contribution in [0.25, 0.3) is 0 Å². The Morgan fingerprint density at radius 2 is 2.11 bits per heavy atom. The molecule has 2 atom stereocenters. The van der Waals surface area contributed by atoms with Gasteiger partial charge in [0.2, 0.25) is 5.91 Å². The number of nitrogens with two attached hydrogens (primary N) is 1. The van der Waals surface area contributed by atoms with Crippen LogP contribution in [0.4, 0.5) is 11.6 Å². The summed E-state index contributed by atoms with van der Waals surface area (Å²) in [5.41, 5.74) is 9.51. The molecule has 11 heteroatoms. The van der Waals surface area contributed by atoms with E-state index in [9.17, 15) is 9.59 Å². The largest absolute Gasteiger partial charge is 0.383 e. The Morgan fingerprint density at radius 1 is 1.19 bits per heavy atom. The summed E-state index contributed by atoms with van der Waals surface area (Å²) in [5, 5.41) is 8.27. The summed E-state index contributed by atoms with van der Waals surface area (Å²) < 4.78 is 7.08. The molecule has 1 aliphatic carbocycles. The van der Waals surface area contributed by atoms with Gasteiger partial charge in [0.1, 0.15) is 23.9 Å². The minimum atomic E-state index is -0.0210. The maximum atomic E-state index is 12.9. The van der Waals surface area contributed by atoms with Crippen LogP contribution in [0.2, 0.25) is 0 Å². The number of amides is 1. The number of hydrogen-bond donors (Lipinski definition) is 1. The van der Waals surface area contributed by atoms with E-state index in [-0.39, 0.29) is 30.3 Å². The molecule has 0 saturated carbocycles. The number of ether oxygens (including phenoxy) is 1. The lowest BCUT2D eigenvalue weighted by atomic mass is 9.95. The van der Waals surface area contributed by atoms with Gasteiger partial charge < -0.3 is 20.3 Å². The van der Waals surface area contributed by atoms with E-state index < -0.39 is 0 Å². The minimum absolute atomic E-state index is 0.0210. The molecule has 1 amide bonds. The third kappa shape index (κ3) is 4.30. The lowest BCUT2D eigenvalue weighted by molar-refractivity contribution is -0.148. The molecule has 2 saturated heterocycles. The number of anilines is 2. The highest BCUT2D eigenvalue weighted by Gasteiger charge is 2.34. The van der Waals surface area contributed by atoms with Crippen molar-refractivity contribution in [2.75, 3.05) is 43.5 Å². The number of nitrogen functional groups attached to an aromatic ring is 1. The van der Waals surface area contributed by atoms with Gasteiger partial charge in [-0.3, -0.25) is 9.59 Å². The molecule has 5 heterocycles. The topological polar surface area (TPSA) is 132 Å². The fourth-order valence-electron chi connectivity index (χ4n) is 5.48. The monoisotopic (exact) mass is 488 g/mol. The number of Topliss-reactive ketones (excluding diaryl/α,β-unsaturated/α-hetero) is 1. The SMILES string of the molecule is Nc1nccc2c1CC[C@H]2CC(=O)c1cn(Cc2ccc(N3CCN4C(=O)COCC4C3)nc2)nn1. The summed E-state index contributed by atoms with van der Waals surface area (Å²) in [5.74, 6) is 1.62. The molecule has 1 unspecified atom stereocenters. The molecule has 0 aromatic carbocycles. The molecule has 6 rings (SSSR count). The summed E-state index contributed by atoms with van der Waals surface area (Å²) in [6.45, 7) is 3.36. The van der Waals surface area contributed by atoms with E-state index in [0.29, 0.717) is 44.2 Å². The molecule has 11 nitrogen and oxygen atoms in total. The number of rotatable bonds is 6. The van der Waals surface area contributed by atoms with Gasteiger partial charge in [-0.15, -0.1) is 5.10 Å². The van der Waals surface area contributed by atoms with Gasteiger partial charge in [0.05, 0.1) is 25.4 Å². The summed E-state index contributed by atoms with van der Waals surface area (Å²) in [6.07, 6.45) is 7.36. The number of pyridine rings is 2. The maximum absolute atomic E-state index is 12.9. The van der Waals surface area contributed by atoms with E-state index in [1.807, 2.05) is 29.3 Å². The molecular weight excluding hydrogens is 460 g/mol. The van der Waals surface area contributed by atoms with Crippen LogP contribution in [-0.4, -0.2) is 80.4 Å². The van der Waals surface area contributed by atoms with Gasteiger partial charge in [0, 0.05) is 38.4 Å². The molecule has 0 bridgehead atoms. The normalized spacial score (nSPS) is 21.4. The lowest BCUT2D eigenvalue weighted by Gasteiger charge is -2.44. The van der Waals surface area contributed by atoms with Crippen LogP contribution in [0.5, 0.6) is 0 Å². The zero-order chi connectivity index (χ0) is 24.6. The molecule has 3 aliphatic rings. The van der Waals surface area contributed by atoms with Gasteiger partial charge in [0.15, 0.2) is 5.78 Å². The Hall–Kier alpha value is -3.86. The Labute approximate surface area is 208 Å². The van der Waals surface area contributed by atoms with E-state index in [1.54, 1.807) is 17.1 Å². The molecule has 36 heavy (non-hydrogen) atoms. The van der Waals surface area contributed by atoms with Crippen molar-refractivity contribution in [3.05, 3.63) is 59.2 Å². The Kier molecular flexibility index (Phi) is 5.84. The van der Waals surface area contributed by atoms with E-state index >= 15 is 0 Å². The van der Waals surface area contributed by atoms with Crippen LogP contribution in [-0.2, 0) is 22.5 Å². The van der Waals surface area contributed by atoms with Crippen molar-refractivity contribution in [2.45, 2.75) is 37.8 Å². The van der Waals surface area contributed by atoms with Gasteiger partial charge in [-0.05, 0) is 47.6 Å². The van der Waals surface area contributed by atoms with Gasteiger partial charge >= 0.3 is 0 Å². The first-order valence-corrected chi connectivity index (χ1v) is 12.3. The van der Waals surface area contributed by atoms with Gasteiger partial charge in [-0.2, -0.15) is 0 Å². The van der Waals surface area contributed by atoms with Crippen LogP contribution in [0.1, 0.15) is 45.9 Å². The number of ketones is 1. The molecule has 0 radical (unpaired) electrons. The molecule has 2 N–H and O–H groups in total. The first-order valence-electron chi connectivity index (χ1n) is 12.3. The van der Waals surface area contributed by atoms with E-state index in [0.717, 1.165) is 41.9 Å². The van der Waals surface area contributed by atoms with Gasteiger partial charge in [-0.25, -0.2) is 14.6 Å². The first kappa shape index (κ1) is 22.6. The van der Waals surface area contributed by atoms with Crippen LogP contribution in [0, 0.1) is 0 Å². The predicted molar refractivity (Wildman–Crippen MR) is 131 cm³/mol. The number of carbonyl (C=O) groups excluding carboxylic acids is 2. The van der Waals surface area contributed by atoms with E-state index in [4.69, 9.17) is 10.5 Å². The highest BCUT2D eigenvalue weighted by atomic mass is 16.5. The minimum Gasteiger partial charge on any atom is -0.383 e. The van der Waals surface area contributed by atoms with Crippen LogP contribution >= 0.6 is 0 Å². The van der Waals surface area contributed by atoms with E-state index in [1.165, 1.54) is 0 Å². The van der Waals surface area contributed by atoms with Gasteiger partial charge in [-0.1, -0.05) is 11.3 Å². The van der Waals surface area contributed by atoms with Crippen LogP contribution in [0.3, 0.4) is 0 Å². The molecular formula is C25H28N8O3. The zero-order valence-corrected chi connectivity index (χ0v) is 19.9. The molecule has 0 spiro atoms. The second-order valence-electron chi connectivity index (χ2n) is 9.65. The smallest absolute Gasteiger partial charge is 0.249 e. The van der Waals surface area contributed by atoms with Gasteiger partial charge in [0.25, 0.3) is 0 Å². The highest BCUT2D eigenvalue weighted by molar-refractivity contribution is 5.94. The number of fused-ring (bicyclic) bond motifs is 2. The maximum Gasteiger partial charge on any atom is 0.249 e. The molecule has 186 valence electrons. The fourth-order valence-corrected chi connectivity index (χ4v) is 5.48. The Morgan fingerprint density at radius 3 is 2.97 bits per heavy atom. The standard InChI is InChI=1S/C25H28N8O3/c26-25-20-3-2-17(19(20)5-6-27-25)9-22(34)21-13-32(30-29-21)11-16-1-4-23(28-10-16)31-7-8-33-18(12-31)14-36-15-24(33)35/h1,4-6,10,13,17-18H,2-3,7-9,11-12,14-15H2,(H2,26,27)/t17-,18?/m0/s1. The molecule has 2 aliphatic heterocycles. The number of carbonyl (C=O) groups is 2. The van der Waals surface area contributed by atoms with Crippen molar-refractivity contribution in [2.24, 2.45) is 0 Å². The zero-order valence-electron chi connectivity index (χ0n) is 19.9. The molecule has 3 aromatic heterocycles. The number of nitrogens with zero attached hydrogens (tertiary/aromatic N) is 7. The summed E-state index contributed by atoms with van der Waals surface area (Å²) >= 11 is 0. The van der Waals surface area contributed by atoms with Crippen molar-refractivity contribution in [3.63, 3.8) is 0 Å². The quantitative estimate of drug-likeness (QED) is 0.506. The molecule has 3 aromatic rings. The second-order valence-corrected chi connectivity index (χ2v) is 9.65. The van der Waals surface area contributed by atoms with Crippen LogP contribution in [0.15, 0.2) is 36.8 Å². The molecule has 2 fully saturated rings. The third-order valence-electron chi connectivity index (χ3n) is 7.38. The number of morpholine rings is 1. The van der Waals surface area contributed by atoms with E-state index in [2.05, 4.69) is 25.2 Å². The summed E-state index contributed by atoms with van der Waals surface area (Å²) in [4.78, 5) is 37.8. The van der Waals surface area contributed by atoms with Crippen molar-refractivity contribution >= 4 is 23.3 Å². The average Bonchev–Trinajstić information content (AvgIpc) is 3.53. The third-order valence-corrected chi connectivity index (χ3v) is 7.38. The number of piperazine rings is 1. The van der Waals surface area contributed by atoms with Crippen molar-refractivity contribution in [3.8, 4) is 0 Å². The van der Waals surface area contributed by atoms with Crippen LogP contribution < -0.4 is 10.6 Å². The number of aromatic nitrogens is 5. The summed E-state index contributed by atoms with van der Waals surface area (Å²) in [6, 6.07) is 6.03. The summed E-state index contributed by atoms with van der Waals surface area (Å²) in [7, 11) is 0. The Bertz CT molecular complexity index is 1290. The first-order chi connectivity index (χ1) is 17.5. The second kappa shape index (κ2) is 9.30. The average molecular weight is 489 g/mol. The predicted octanol–water partition coefficient (Wildman–Crippen LogP) is 1.05. The Balaban J connectivity index is 1.06. The van der Waals surface area contributed by atoms with Crippen molar-refractivity contribution in [1.29, 1.82) is 0 Å². The van der Waals surface area contributed by atoms with Crippen molar-refractivity contribution < 1.29 is 14.3 Å².